The maximum absolute atomic E-state index is 11.7. The zero-order valence-electron chi connectivity index (χ0n) is 9.29. The first kappa shape index (κ1) is 13.8. The predicted molar refractivity (Wildman–Crippen MR) is 65.4 cm³/mol. The maximum atomic E-state index is 11.7. The number of carbonyl (C=O) groups excluding carboxylic acids is 2. The topological polar surface area (TPSA) is 55.4 Å². The predicted octanol–water partition coefficient (Wildman–Crippen LogP) is 2.28. The number of amides is 1. The zero-order valence-corrected chi connectivity index (χ0v) is 10.8. The largest absolute Gasteiger partial charge is 0.467 e. The van der Waals surface area contributed by atoms with Crippen LogP contribution in [0, 0.1) is 0 Å². The van der Waals surface area contributed by atoms with Crippen LogP contribution >= 0.6 is 23.2 Å². The highest BCUT2D eigenvalue weighted by Crippen LogP contribution is 2.22. The Kier molecular flexibility index (Phi) is 4.78. The van der Waals surface area contributed by atoms with Crippen LogP contribution in [0.4, 0.5) is 0 Å². The van der Waals surface area contributed by atoms with E-state index < -0.39 is 17.9 Å². The van der Waals surface area contributed by atoms with Crippen LogP contribution in [0.2, 0.25) is 10.0 Å². The lowest BCUT2D eigenvalue weighted by Crippen LogP contribution is -2.39. The lowest BCUT2D eigenvalue weighted by molar-refractivity contribution is -0.142. The maximum Gasteiger partial charge on any atom is 0.328 e. The molecule has 1 N–H and O–H groups in total. The van der Waals surface area contributed by atoms with Crippen molar-refractivity contribution in [2.45, 2.75) is 13.0 Å². The molecule has 0 fully saturated rings. The van der Waals surface area contributed by atoms with Crippen molar-refractivity contribution in [3.8, 4) is 0 Å². The fraction of sp³-hybridized carbons (Fsp3) is 0.273. The summed E-state index contributed by atoms with van der Waals surface area (Å²) < 4.78 is 4.49. The lowest BCUT2D eigenvalue weighted by Gasteiger charge is -2.11. The molecule has 1 aromatic carbocycles. The molecule has 1 unspecified atom stereocenters. The van der Waals surface area contributed by atoms with Gasteiger partial charge in [0.1, 0.15) is 6.04 Å². The van der Waals surface area contributed by atoms with Gasteiger partial charge in [-0.3, -0.25) is 4.79 Å². The van der Waals surface area contributed by atoms with Crippen LogP contribution in [0.15, 0.2) is 18.2 Å². The van der Waals surface area contributed by atoms with Crippen molar-refractivity contribution in [2.75, 3.05) is 7.11 Å². The van der Waals surface area contributed by atoms with Crippen LogP contribution in [0.25, 0.3) is 0 Å². The molecule has 0 aliphatic rings. The Morgan fingerprint density at radius 1 is 1.29 bits per heavy atom. The Morgan fingerprint density at radius 3 is 2.47 bits per heavy atom. The summed E-state index contributed by atoms with van der Waals surface area (Å²) in [6.45, 7) is 1.53. The van der Waals surface area contributed by atoms with E-state index in [0.29, 0.717) is 10.6 Å². The summed E-state index contributed by atoms with van der Waals surface area (Å²) in [6.07, 6.45) is 0. The van der Waals surface area contributed by atoms with Gasteiger partial charge in [-0.1, -0.05) is 23.2 Å². The summed E-state index contributed by atoms with van der Waals surface area (Å²) in [7, 11) is 1.25. The molecule has 0 saturated carbocycles. The van der Waals surface area contributed by atoms with Crippen LogP contribution < -0.4 is 5.32 Å². The van der Waals surface area contributed by atoms with Gasteiger partial charge in [0.2, 0.25) is 0 Å². The lowest BCUT2D eigenvalue weighted by atomic mass is 10.2. The number of hydrogen-bond donors (Lipinski definition) is 1. The van der Waals surface area contributed by atoms with Crippen molar-refractivity contribution in [1.82, 2.24) is 5.32 Å². The first-order chi connectivity index (χ1) is 7.95. The molecule has 1 rings (SSSR count). The van der Waals surface area contributed by atoms with E-state index in [4.69, 9.17) is 23.2 Å². The van der Waals surface area contributed by atoms with E-state index >= 15 is 0 Å². The van der Waals surface area contributed by atoms with Gasteiger partial charge in [0.05, 0.1) is 17.2 Å². The Morgan fingerprint density at radius 2 is 1.94 bits per heavy atom. The van der Waals surface area contributed by atoms with Gasteiger partial charge in [-0.15, -0.1) is 0 Å². The highest BCUT2D eigenvalue weighted by molar-refractivity contribution is 6.42. The molecular weight excluding hydrogens is 265 g/mol. The number of ether oxygens (including phenoxy) is 1. The molecule has 1 atom stereocenters. The Hall–Kier alpha value is -1.26. The molecule has 92 valence electrons. The van der Waals surface area contributed by atoms with Crippen LogP contribution in [-0.2, 0) is 9.53 Å². The number of benzene rings is 1. The van der Waals surface area contributed by atoms with E-state index in [1.807, 2.05) is 0 Å². The number of rotatable bonds is 3. The van der Waals surface area contributed by atoms with Gasteiger partial charge in [0, 0.05) is 5.56 Å². The summed E-state index contributed by atoms with van der Waals surface area (Å²) in [5.74, 6) is -0.931. The Balaban J connectivity index is 2.76. The molecule has 0 aliphatic heterocycles. The minimum absolute atomic E-state index is 0.282. The standard InChI is InChI=1S/C11H11Cl2NO3/c1-6(11(16)17-2)14-10(15)7-3-4-8(12)9(13)5-7/h3-6H,1-2H3,(H,14,15). The SMILES string of the molecule is COC(=O)C(C)NC(=O)c1ccc(Cl)c(Cl)c1. The fourth-order valence-electron chi connectivity index (χ4n) is 1.15. The van der Waals surface area contributed by atoms with Crippen LogP contribution in [0.5, 0.6) is 0 Å². The van der Waals surface area contributed by atoms with E-state index in [-0.39, 0.29) is 5.02 Å². The second-order valence-electron chi connectivity index (χ2n) is 3.35. The summed E-state index contributed by atoms with van der Waals surface area (Å²) >= 11 is 11.5. The number of nitrogens with one attached hydrogen (secondary N) is 1. The summed E-state index contributed by atoms with van der Waals surface area (Å²) in [5.41, 5.74) is 0.329. The van der Waals surface area contributed by atoms with Gasteiger partial charge in [0.15, 0.2) is 0 Å². The second kappa shape index (κ2) is 5.89. The van der Waals surface area contributed by atoms with Gasteiger partial charge in [-0.2, -0.15) is 0 Å². The normalized spacial score (nSPS) is 11.8. The van der Waals surface area contributed by atoms with Gasteiger partial charge < -0.3 is 10.1 Å². The molecule has 0 heterocycles. The van der Waals surface area contributed by atoms with Crippen molar-refractivity contribution in [3.05, 3.63) is 33.8 Å². The van der Waals surface area contributed by atoms with Crippen LogP contribution in [-0.4, -0.2) is 25.0 Å². The number of carbonyl (C=O) groups is 2. The number of methoxy groups -OCH3 is 1. The third-order valence-electron chi connectivity index (χ3n) is 2.08. The molecule has 0 spiro atoms. The van der Waals surface area contributed by atoms with Crippen molar-refractivity contribution in [1.29, 1.82) is 0 Å². The molecule has 0 aromatic heterocycles. The molecule has 1 aromatic rings. The molecular formula is C11H11Cl2NO3. The van der Waals surface area contributed by atoms with Crippen molar-refractivity contribution in [3.63, 3.8) is 0 Å². The van der Waals surface area contributed by atoms with Gasteiger partial charge in [0.25, 0.3) is 5.91 Å². The first-order valence-electron chi connectivity index (χ1n) is 4.79. The van der Waals surface area contributed by atoms with E-state index in [1.165, 1.54) is 32.2 Å². The monoisotopic (exact) mass is 275 g/mol. The Labute approximate surface area is 109 Å². The molecule has 6 heteroatoms. The number of esters is 1. The third kappa shape index (κ3) is 3.61. The fourth-order valence-corrected chi connectivity index (χ4v) is 1.45. The van der Waals surface area contributed by atoms with Gasteiger partial charge in [-0.05, 0) is 25.1 Å². The van der Waals surface area contributed by atoms with E-state index in [2.05, 4.69) is 10.1 Å². The number of hydrogen-bond acceptors (Lipinski definition) is 3. The van der Waals surface area contributed by atoms with Crippen LogP contribution in [0.3, 0.4) is 0 Å². The molecule has 17 heavy (non-hydrogen) atoms. The van der Waals surface area contributed by atoms with E-state index in [1.54, 1.807) is 0 Å². The molecule has 4 nitrogen and oxygen atoms in total. The minimum atomic E-state index is -0.720. The summed E-state index contributed by atoms with van der Waals surface area (Å²) in [5, 5.41) is 3.13. The summed E-state index contributed by atoms with van der Waals surface area (Å²) in [6, 6.07) is 3.75. The summed E-state index contributed by atoms with van der Waals surface area (Å²) in [4.78, 5) is 22.8. The first-order valence-corrected chi connectivity index (χ1v) is 5.55. The third-order valence-corrected chi connectivity index (χ3v) is 2.82. The average molecular weight is 276 g/mol. The molecule has 0 saturated heterocycles. The van der Waals surface area contributed by atoms with Crippen molar-refractivity contribution >= 4 is 35.1 Å². The second-order valence-corrected chi connectivity index (χ2v) is 4.16. The molecule has 0 aliphatic carbocycles. The molecule has 0 bridgehead atoms. The van der Waals surface area contributed by atoms with Gasteiger partial charge >= 0.3 is 5.97 Å². The minimum Gasteiger partial charge on any atom is -0.467 e. The Bertz CT molecular complexity index is 448. The smallest absolute Gasteiger partial charge is 0.328 e. The average Bonchev–Trinajstić information content (AvgIpc) is 2.31. The van der Waals surface area contributed by atoms with Crippen molar-refractivity contribution < 1.29 is 14.3 Å². The van der Waals surface area contributed by atoms with Gasteiger partial charge in [-0.25, -0.2) is 4.79 Å². The zero-order chi connectivity index (χ0) is 13.0. The van der Waals surface area contributed by atoms with Crippen molar-refractivity contribution in [2.24, 2.45) is 0 Å². The van der Waals surface area contributed by atoms with E-state index in [9.17, 15) is 9.59 Å². The quantitative estimate of drug-likeness (QED) is 0.862. The van der Waals surface area contributed by atoms with Crippen LogP contribution in [0.1, 0.15) is 17.3 Å². The van der Waals surface area contributed by atoms with E-state index in [0.717, 1.165) is 0 Å². The molecule has 0 radical (unpaired) electrons. The molecule has 1 amide bonds. The number of halogens is 2. The highest BCUT2D eigenvalue weighted by Gasteiger charge is 2.17. The highest BCUT2D eigenvalue weighted by atomic mass is 35.5.